The van der Waals surface area contributed by atoms with Crippen LogP contribution in [-0.4, -0.2) is 65.3 Å². The number of pyridine rings is 1. The van der Waals surface area contributed by atoms with Gasteiger partial charge in [0.25, 0.3) is 5.91 Å². The SMILES string of the molecule is Cc1ccc(-c2cc(C3=CCCN(C(=O)CCN4C=CNN4)C3)cc3cc(C(=O)N(C)C)oc23)nc1. The summed E-state index contributed by atoms with van der Waals surface area (Å²) in [6, 6.07) is 9.85. The molecule has 9 heteroatoms. The average Bonchev–Trinajstić information content (AvgIpc) is 3.57. The van der Waals surface area contributed by atoms with Gasteiger partial charge in [-0.3, -0.25) is 19.6 Å². The normalized spacial score (nSPS) is 15.2. The number of carbonyl (C=O) groups excluding carboxylic acids is 2. The molecular formula is C27H30N6O3. The van der Waals surface area contributed by atoms with Gasteiger partial charge in [0.05, 0.1) is 5.69 Å². The summed E-state index contributed by atoms with van der Waals surface area (Å²) >= 11 is 0. The Kier molecular flexibility index (Phi) is 6.47. The van der Waals surface area contributed by atoms with Gasteiger partial charge in [0.1, 0.15) is 5.58 Å². The maximum atomic E-state index is 12.9. The van der Waals surface area contributed by atoms with Gasteiger partial charge in [0, 0.05) is 69.7 Å². The highest BCUT2D eigenvalue weighted by molar-refractivity contribution is 6.01. The van der Waals surface area contributed by atoms with E-state index in [9.17, 15) is 9.59 Å². The minimum Gasteiger partial charge on any atom is -0.450 e. The fraction of sp³-hybridized carbons (Fsp3) is 0.296. The number of hydrogen-bond donors (Lipinski definition) is 2. The number of benzene rings is 1. The van der Waals surface area contributed by atoms with Gasteiger partial charge in [-0.05, 0) is 54.3 Å². The van der Waals surface area contributed by atoms with Crippen molar-refractivity contribution < 1.29 is 14.0 Å². The van der Waals surface area contributed by atoms with Crippen LogP contribution in [0, 0.1) is 6.92 Å². The number of hydrazine groups is 2. The Balaban J connectivity index is 1.46. The van der Waals surface area contributed by atoms with Gasteiger partial charge in [-0.25, -0.2) is 0 Å². The molecule has 5 rings (SSSR count). The van der Waals surface area contributed by atoms with Crippen LogP contribution >= 0.6 is 0 Å². The van der Waals surface area contributed by atoms with Crippen molar-refractivity contribution in [1.29, 1.82) is 0 Å². The summed E-state index contributed by atoms with van der Waals surface area (Å²) in [5.41, 5.74) is 11.2. The third-order valence-electron chi connectivity index (χ3n) is 6.41. The Bertz CT molecular complexity index is 1360. The minimum atomic E-state index is -0.193. The molecule has 36 heavy (non-hydrogen) atoms. The van der Waals surface area contributed by atoms with E-state index in [0.717, 1.165) is 39.8 Å². The Morgan fingerprint density at radius 1 is 1.19 bits per heavy atom. The second-order valence-corrected chi connectivity index (χ2v) is 9.32. The van der Waals surface area contributed by atoms with Crippen molar-refractivity contribution >= 4 is 28.4 Å². The molecule has 2 amide bonds. The third kappa shape index (κ3) is 4.83. The zero-order chi connectivity index (χ0) is 25.2. The van der Waals surface area contributed by atoms with E-state index in [1.165, 1.54) is 4.90 Å². The van der Waals surface area contributed by atoms with E-state index in [0.29, 0.717) is 31.6 Å². The number of rotatable bonds is 6. The number of nitrogens with zero attached hydrogens (tertiary/aromatic N) is 4. The number of furan rings is 1. The lowest BCUT2D eigenvalue weighted by atomic mass is 9.96. The number of nitrogens with one attached hydrogen (secondary N) is 2. The van der Waals surface area contributed by atoms with Crippen molar-refractivity contribution in [2.24, 2.45) is 0 Å². The molecule has 0 unspecified atom stereocenters. The van der Waals surface area contributed by atoms with E-state index in [1.807, 2.05) is 47.4 Å². The number of fused-ring (bicyclic) bond motifs is 1. The Morgan fingerprint density at radius 3 is 2.78 bits per heavy atom. The fourth-order valence-corrected chi connectivity index (χ4v) is 4.44. The van der Waals surface area contributed by atoms with Crippen LogP contribution in [0.1, 0.15) is 34.5 Å². The summed E-state index contributed by atoms with van der Waals surface area (Å²) in [6.45, 7) is 3.82. The molecule has 0 saturated carbocycles. The lowest BCUT2D eigenvalue weighted by Gasteiger charge is -2.28. The van der Waals surface area contributed by atoms with Crippen molar-refractivity contribution in [3.05, 3.63) is 71.9 Å². The lowest BCUT2D eigenvalue weighted by molar-refractivity contribution is -0.131. The summed E-state index contributed by atoms with van der Waals surface area (Å²) in [5, 5.41) is 2.68. The van der Waals surface area contributed by atoms with Crippen molar-refractivity contribution in [1.82, 2.24) is 30.8 Å². The topological polar surface area (TPSA) is 94.0 Å². The maximum absolute atomic E-state index is 12.9. The van der Waals surface area contributed by atoms with Crippen LogP contribution in [0.4, 0.5) is 0 Å². The van der Waals surface area contributed by atoms with Gasteiger partial charge in [0.2, 0.25) is 5.91 Å². The molecule has 0 bridgehead atoms. The van der Waals surface area contributed by atoms with Crippen LogP contribution in [0.15, 0.2) is 59.4 Å². The van der Waals surface area contributed by atoms with Gasteiger partial charge < -0.3 is 19.6 Å². The predicted octanol–water partition coefficient (Wildman–Crippen LogP) is 3.31. The molecule has 0 aliphatic carbocycles. The molecule has 0 spiro atoms. The minimum absolute atomic E-state index is 0.117. The Labute approximate surface area is 210 Å². The van der Waals surface area contributed by atoms with Crippen LogP contribution in [0.25, 0.3) is 27.8 Å². The molecule has 3 aromatic rings. The van der Waals surface area contributed by atoms with Gasteiger partial charge in [0.15, 0.2) is 5.76 Å². The van der Waals surface area contributed by atoms with Crippen LogP contribution in [0.3, 0.4) is 0 Å². The average molecular weight is 487 g/mol. The molecule has 2 N–H and O–H groups in total. The maximum Gasteiger partial charge on any atom is 0.289 e. The van der Waals surface area contributed by atoms with E-state index in [1.54, 1.807) is 26.4 Å². The van der Waals surface area contributed by atoms with Gasteiger partial charge in [-0.1, -0.05) is 12.1 Å². The Hall–Kier alpha value is -4.11. The number of carbonyl (C=O) groups is 2. The molecular weight excluding hydrogens is 456 g/mol. The standard InChI is InChI=1S/C27H30N6O3/c1-18-6-7-23(28-16-18)22-14-20(13-21-15-24(36-26(21)22)27(35)31(2)3)19-5-4-10-32(17-19)25(34)8-11-33-12-9-29-30-33/h5-7,9,12-16,29-30H,4,8,10-11,17H2,1-3H3. The van der Waals surface area contributed by atoms with E-state index in [4.69, 9.17) is 4.42 Å². The van der Waals surface area contributed by atoms with E-state index >= 15 is 0 Å². The molecule has 0 saturated heterocycles. The van der Waals surface area contributed by atoms with E-state index in [2.05, 4.69) is 28.1 Å². The highest BCUT2D eigenvalue weighted by Crippen LogP contribution is 2.35. The summed E-state index contributed by atoms with van der Waals surface area (Å²) in [4.78, 5) is 33.6. The zero-order valence-corrected chi connectivity index (χ0v) is 20.7. The quantitative estimate of drug-likeness (QED) is 0.552. The molecule has 2 aromatic heterocycles. The largest absolute Gasteiger partial charge is 0.450 e. The zero-order valence-electron chi connectivity index (χ0n) is 20.7. The molecule has 0 radical (unpaired) electrons. The van der Waals surface area contributed by atoms with Gasteiger partial charge in [-0.2, -0.15) is 0 Å². The molecule has 186 valence electrons. The molecule has 2 aliphatic heterocycles. The second-order valence-electron chi connectivity index (χ2n) is 9.32. The first-order chi connectivity index (χ1) is 17.4. The summed E-state index contributed by atoms with van der Waals surface area (Å²) in [5.74, 6) is 0.210. The van der Waals surface area contributed by atoms with E-state index in [-0.39, 0.29) is 17.6 Å². The fourth-order valence-electron chi connectivity index (χ4n) is 4.44. The first-order valence-electron chi connectivity index (χ1n) is 12.0. The van der Waals surface area contributed by atoms with Crippen LogP contribution in [0.2, 0.25) is 0 Å². The van der Waals surface area contributed by atoms with Crippen molar-refractivity contribution in [2.45, 2.75) is 19.8 Å². The molecule has 4 heterocycles. The summed E-state index contributed by atoms with van der Waals surface area (Å²) in [6.07, 6.45) is 8.87. The van der Waals surface area contributed by atoms with Crippen molar-refractivity contribution in [3.8, 4) is 11.3 Å². The first-order valence-corrected chi connectivity index (χ1v) is 12.0. The second kappa shape index (κ2) is 9.87. The van der Waals surface area contributed by atoms with Crippen molar-refractivity contribution in [3.63, 3.8) is 0 Å². The highest BCUT2D eigenvalue weighted by atomic mass is 16.3. The number of hydrogen-bond acceptors (Lipinski definition) is 7. The molecule has 0 fully saturated rings. The highest BCUT2D eigenvalue weighted by Gasteiger charge is 2.23. The number of aryl methyl sites for hydroxylation is 1. The smallest absolute Gasteiger partial charge is 0.289 e. The molecule has 2 aliphatic rings. The van der Waals surface area contributed by atoms with Gasteiger partial charge in [-0.15, -0.1) is 5.53 Å². The lowest BCUT2D eigenvalue weighted by Crippen LogP contribution is -2.40. The molecule has 0 atom stereocenters. The number of amides is 2. The Morgan fingerprint density at radius 2 is 2.06 bits per heavy atom. The van der Waals surface area contributed by atoms with Crippen LogP contribution < -0.4 is 11.0 Å². The summed E-state index contributed by atoms with van der Waals surface area (Å²) in [7, 11) is 3.41. The predicted molar refractivity (Wildman–Crippen MR) is 138 cm³/mol. The van der Waals surface area contributed by atoms with Crippen molar-refractivity contribution in [2.75, 3.05) is 33.7 Å². The first kappa shape index (κ1) is 23.6. The third-order valence-corrected chi connectivity index (χ3v) is 6.41. The van der Waals surface area contributed by atoms with Crippen LogP contribution in [-0.2, 0) is 4.79 Å². The summed E-state index contributed by atoms with van der Waals surface area (Å²) < 4.78 is 6.05. The molecule has 1 aromatic carbocycles. The van der Waals surface area contributed by atoms with Gasteiger partial charge >= 0.3 is 0 Å². The molecule has 9 nitrogen and oxygen atoms in total. The van der Waals surface area contributed by atoms with Crippen LogP contribution in [0.5, 0.6) is 0 Å². The monoisotopic (exact) mass is 486 g/mol. The van der Waals surface area contributed by atoms with E-state index < -0.39 is 0 Å². The number of aromatic nitrogens is 1.